The highest BCUT2D eigenvalue weighted by Gasteiger charge is 2.41. The van der Waals surface area contributed by atoms with Crippen LogP contribution in [0.15, 0.2) is 58.5 Å². The first-order chi connectivity index (χ1) is 14.3. The van der Waals surface area contributed by atoms with E-state index in [2.05, 4.69) is 4.57 Å². The molecule has 0 spiro atoms. The second kappa shape index (κ2) is 7.85. The molecule has 4 rings (SSSR count). The van der Waals surface area contributed by atoms with Crippen molar-refractivity contribution in [2.45, 2.75) is 35.9 Å². The number of amides is 1. The number of nitrogens with two attached hydrogens (primary N) is 1. The van der Waals surface area contributed by atoms with Gasteiger partial charge in [0, 0.05) is 23.5 Å². The first-order valence-corrected chi connectivity index (χ1v) is 10.4. The fourth-order valence-corrected chi connectivity index (χ4v) is 4.82. The number of hydrogen-bond acceptors (Lipinski definition) is 4. The van der Waals surface area contributed by atoms with E-state index in [4.69, 9.17) is 10.7 Å². The average molecular weight is 429 g/mol. The molecule has 3 aromatic rings. The van der Waals surface area contributed by atoms with E-state index in [9.17, 15) is 13.6 Å². The summed E-state index contributed by atoms with van der Waals surface area (Å²) in [4.78, 5) is 19.9. The molecule has 2 N–H and O–H groups in total. The molecule has 1 amide bonds. The van der Waals surface area contributed by atoms with E-state index < -0.39 is 5.54 Å². The average Bonchev–Trinajstić information content (AvgIpc) is 3.09. The van der Waals surface area contributed by atoms with Gasteiger partial charge in [0.25, 0.3) is 0 Å². The first-order valence-electron chi connectivity index (χ1n) is 9.62. The van der Waals surface area contributed by atoms with Crippen LogP contribution in [0.2, 0.25) is 0 Å². The molecule has 0 saturated carbocycles. The molecule has 8 heteroatoms. The van der Waals surface area contributed by atoms with Crippen molar-refractivity contribution < 1.29 is 13.6 Å². The van der Waals surface area contributed by atoms with Crippen LogP contribution >= 0.6 is 11.8 Å². The Labute approximate surface area is 177 Å². The van der Waals surface area contributed by atoms with Gasteiger partial charge >= 0.3 is 0 Å². The van der Waals surface area contributed by atoms with E-state index in [0.717, 1.165) is 21.3 Å². The zero-order valence-corrected chi connectivity index (χ0v) is 17.5. The molecule has 0 bridgehead atoms. The van der Waals surface area contributed by atoms with Gasteiger partial charge < -0.3 is 15.2 Å². The van der Waals surface area contributed by atoms with Gasteiger partial charge in [-0.3, -0.25) is 4.79 Å². The zero-order chi connectivity index (χ0) is 21.5. The predicted octanol–water partition coefficient (Wildman–Crippen LogP) is 4.02. The summed E-state index contributed by atoms with van der Waals surface area (Å²) in [5.74, 6) is -0.0224. The Hall–Kier alpha value is -2.71. The van der Waals surface area contributed by atoms with Gasteiger partial charge in [-0.1, -0.05) is 11.8 Å². The van der Waals surface area contributed by atoms with E-state index in [1.54, 1.807) is 29.2 Å². The number of imidazole rings is 1. The summed E-state index contributed by atoms with van der Waals surface area (Å²) in [6, 6.07) is 12.4. The molecular formula is C22H22F2N4OS. The van der Waals surface area contributed by atoms with Crippen LogP contribution in [0.4, 0.5) is 8.78 Å². The number of aromatic nitrogens is 2. The molecule has 0 fully saturated rings. The standard InChI is InChI=1S/C22H22F2N4OS/c1-22(2)21-26-19(14-3-5-15(23)6-4-14)20(30-17-9-7-16(24)8-10-17)27(21)11-12-28(22)18(29)13-25/h3-10H,11-13,25H2,1-2H3. The smallest absolute Gasteiger partial charge is 0.237 e. The second-order valence-corrected chi connectivity index (χ2v) is 8.67. The summed E-state index contributed by atoms with van der Waals surface area (Å²) >= 11 is 1.47. The third-order valence-corrected chi connectivity index (χ3v) is 6.43. The van der Waals surface area contributed by atoms with Crippen LogP contribution in [0.1, 0.15) is 19.7 Å². The first kappa shape index (κ1) is 20.6. The Morgan fingerprint density at radius 3 is 2.27 bits per heavy atom. The number of rotatable bonds is 4. The van der Waals surface area contributed by atoms with Gasteiger partial charge in [0.05, 0.1) is 12.1 Å². The van der Waals surface area contributed by atoms with Crippen molar-refractivity contribution in [1.29, 1.82) is 0 Å². The summed E-state index contributed by atoms with van der Waals surface area (Å²) < 4.78 is 28.9. The van der Waals surface area contributed by atoms with Crippen LogP contribution in [-0.4, -0.2) is 33.4 Å². The number of carbonyl (C=O) groups excluding carboxylic acids is 1. The SMILES string of the molecule is CC1(C)c2nc(-c3ccc(F)cc3)c(Sc3ccc(F)cc3)n2CCN1C(=O)CN. The van der Waals surface area contributed by atoms with E-state index in [1.807, 2.05) is 13.8 Å². The lowest BCUT2D eigenvalue weighted by atomic mass is 9.99. The maximum Gasteiger partial charge on any atom is 0.237 e. The van der Waals surface area contributed by atoms with Gasteiger partial charge in [-0.2, -0.15) is 0 Å². The molecular weight excluding hydrogens is 406 g/mol. The molecule has 30 heavy (non-hydrogen) atoms. The van der Waals surface area contributed by atoms with E-state index in [0.29, 0.717) is 18.8 Å². The van der Waals surface area contributed by atoms with E-state index >= 15 is 0 Å². The van der Waals surface area contributed by atoms with E-state index in [1.165, 1.54) is 36.0 Å². The van der Waals surface area contributed by atoms with Gasteiger partial charge in [0.1, 0.15) is 28.2 Å². The highest BCUT2D eigenvalue weighted by Crippen LogP contribution is 2.42. The minimum absolute atomic E-state index is 0.0633. The fraction of sp³-hybridized carbons (Fsp3) is 0.273. The van der Waals surface area contributed by atoms with Crippen LogP contribution in [-0.2, 0) is 16.9 Å². The van der Waals surface area contributed by atoms with Crippen LogP contribution in [0.25, 0.3) is 11.3 Å². The number of nitrogens with zero attached hydrogens (tertiary/aromatic N) is 3. The number of fused-ring (bicyclic) bond motifs is 1. The molecule has 1 aliphatic rings. The van der Waals surface area contributed by atoms with Crippen molar-refractivity contribution in [2.24, 2.45) is 5.73 Å². The minimum atomic E-state index is -0.662. The quantitative estimate of drug-likeness (QED) is 0.682. The number of halogens is 2. The van der Waals surface area contributed by atoms with Crippen LogP contribution < -0.4 is 5.73 Å². The topological polar surface area (TPSA) is 64.2 Å². The summed E-state index contributed by atoms with van der Waals surface area (Å²) in [6.45, 7) is 4.89. The minimum Gasteiger partial charge on any atom is -0.327 e. The van der Waals surface area contributed by atoms with E-state index in [-0.39, 0.29) is 24.1 Å². The highest BCUT2D eigenvalue weighted by molar-refractivity contribution is 7.99. The fourth-order valence-electron chi connectivity index (χ4n) is 3.77. The predicted molar refractivity (Wildman–Crippen MR) is 112 cm³/mol. The molecule has 1 aromatic heterocycles. The molecule has 0 radical (unpaired) electrons. The van der Waals surface area contributed by atoms with Crippen LogP contribution in [0.5, 0.6) is 0 Å². The Morgan fingerprint density at radius 2 is 1.67 bits per heavy atom. The van der Waals surface area contributed by atoms with Crippen LogP contribution in [0.3, 0.4) is 0 Å². The highest BCUT2D eigenvalue weighted by atomic mass is 32.2. The van der Waals surface area contributed by atoms with Gasteiger partial charge in [0.2, 0.25) is 5.91 Å². The third kappa shape index (κ3) is 3.61. The van der Waals surface area contributed by atoms with Gasteiger partial charge in [-0.25, -0.2) is 13.8 Å². The number of hydrogen-bond donors (Lipinski definition) is 1. The molecule has 2 aromatic carbocycles. The van der Waals surface area contributed by atoms with Gasteiger partial charge in [0.15, 0.2) is 0 Å². The number of carbonyl (C=O) groups is 1. The van der Waals surface area contributed by atoms with Crippen molar-refractivity contribution in [2.75, 3.05) is 13.1 Å². The summed E-state index contributed by atoms with van der Waals surface area (Å²) in [6.07, 6.45) is 0. The van der Waals surface area contributed by atoms with Crippen molar-refractivity contribution in [3.05, 3.63) is 66.0 Å². The molecule has 2 heterocycles. The second-order valence-electron chi connectivity index (χ2n) is 7.61. The monoisotopic (exact) mass is 428 g/mol. The molecule has 0 aliphatic carbocycles. The van der Waals surface area contributed by atoms with Crippen molar-refractivity contribution in [3.63, 3.8) is 0 Å². The van der Waals surface area contributed by atoms with Gasteiger partial charge in [-0.05, 0) is 62.4 Å². The third-order valence-electron chi connectivity index (χ3n) is 5.31. The molecule has 0 atom stereocenters. The maximum atomic E-state index is 13.5. The lowest BCUT2D eigenvalue weighted by molar-refractivity contribution is -0.137. The normalized spacial score (nSPS) is 15.2. The lowest BCUT2D eigenvalue weighted by Gasteiger charge is -2.42. The zero-order valence-electron chi connectivity index (χ0n) is 16.7. The maximum absolute atomic E-state index is 13.5. The van der Waals surface area contributed by atoms with Crippen LogP contribution in [0, 0.1) is 11.6 Å². The molecule has 1 aliphatic heterocycles. The number of benzene rings is 2. The summed E-state index contributed by atoms with van der Waals surface area (Å²) in [5.41, 5.74) is 6.43. The molecule has 0 saturated heterocycles. The molecule has 0 unspecified atom stereocenters. The summed E-state index contributed by atoms with van der Waals surface area (Å²) in [5, 5.41) is 0.871. The Balaban J connectivity index is 1.85. The molecule has 156 valence electrons. The van der Waals surface area contributed by atoms with Crippen molar-refractivity contribution >= 4 is 17.7 Å². The molecule has 5 nitrogen and oxygen atoms in total. The largest absolute Gasteiger partial charge is 0.327 e. The van der Waals surface area contributed by atoms with Gasteiger partial charge in [-0.15, -0.1) is 0 Å². The Kier molecular flexibility index (Phi) is 5.38. The van der Waals surface area contributed by atoms with Crippen molar-refractivity contribution in [1.82, 2.24) is 14.5 Å². The lowest BCUT2D eigenvalue weighted by Crippen LogP contribution is -2.53. The Morgan fingerprint density at radius 1 is 1.07 bits per heavy atom. The van der Waals surface area contributed by atoms with Crippen molar-refractivity contribution in [3.8, 4) is 11.3 Å². The summed E-state index contributed by atoms with van der Waals surface area (Å²) in [7, 11) is 0. The Bertz CT molecular complexity index is 1080.